The van der Waals surface area contributed by atoms with Crippen LogP contribution in [0.15, 0.2) is 6.20 Å². The molecular weight excluding hydrogens is 264 g/mol. The summed E-state index contributed by atoms with van der Waals surface area (Å²) in [5, 5.41) is 8.37. The van der Waals surface area contributed by atoms with Gasteiger partial charge in [-0.2, -0.15) is 5.10 Å². The van der Waals surface area contributed by atoms with E-state index in [-0.39, 0.29) is 6.04 Å². The molecule has 1 heterocycles. The zero-order valence-corrected chi connectivity index (χ0v) is 13.1. The summed E-state index contributed by atoms with van der Waals surface area (Å²) >= 11 is 6.27. The Morgan fingerprint density at radius 2 is 2.26 bits per heavy atom. The van der Waals surface area contributed by atoms with Gasteiger partial charge in [0, 0.05) is 19.8 Å². The molecule has 1 aromatic heterocycles. The highest BCUT2D eigenvalue weighted by atomic mass is 35.5. The van der Waals surface area contributed by atoms with E-state index in [0.717, 1.165) is 43.4 Å². The molecule has 0 amide bonds. The third kappa shape index (κ3) is 5.10. The molecule has 0 saturated heterocycles. The van der Waals surface area contributed by atoms with E-state index in [0.29, 0.717) is 0 Å². The minimum Gasteiger partial charge on any atom is -0.382 e. The quantitative estimate of drug-likeness (QED) is 0.704. The first-order chi connectivity index (χ1) is 9.10. The van der Waals surface area contributed by atoms with Crippen molar-refractivity contribution in [1.29, 1.82) is 0 Å². The number of nitrogens with one attached hydrogen (secondary N) is 1. The maximum Gasteiger partial charge on any atom is 0.0834 e. The number of hydrogen-bond donors (Lipinski definition) is 1. The number of likely N-dealkylation sites (N-methyl/N-ethyl adjacent to an activating group) is 1. The van der Waals surface area contributed by atoms with Crippen molar-refractivity contribution in [3.63, 3.8) is 0 Å². The molecule has 1 N–H and O–H groups in total. The van der Waals surface area contributed by atoms with E-state index in [1.807, 2.05) is 18.7 Å². The van der Waals surface area contributed by atoms with Crippen LogP contribution >= 0.6 is 11.6 Å². The lowest BCUT2D eigenvalue weighted by Gasteiger charge is -2.19. The SMILES string of the molecule is CCOCCC(NC)c1c(Cl)cnn1CCN(C)C. The smallest absolute Gasteiger partial charge is 0.0834 e. The molecule has 0 aliphatic rings. The highest BCUT2D eigenvalue weighted by Crippen LogP contribution is 2.25. The number of hydrogen-bond acceptors (Lipinski definition) is 4. The molecule has 1 aromatic rings. The highest BCUT2D eigenvalue weighted by molar-refractivity contribution is 6.31. The van der Waals surface area contributed by atoms with Crippen molar-refractivity contribution in [2.45, 2.75) is 25.9 Å². The molecule has 5 nitrogen and oxygen atoms in total. The predicted molar refractivity (Wildman–Crippen MR) is 78.7 cm³/mol. The topological polar surface area (TPSA) is 42.3 Å². The Kier molecular flexibility index (Phi) is 7.38. The summed E-state index contributed by atoms with van der Waals surface area (Å²) in [4.78, 5) is 2.13. The lowest BCUT2D eigenvalue weighted by Crippen LogP contribution is -2.25. The van der Waals surface area contributed by atoms with Crippen LogP contribution in [-0.4, -0.2) is 55.6 Å². The summed E-state index contributed by atoms with van der Waals surface area (Å²) in [7, 11) is 6.04. The summed E-state index contributed by atoms with van der Waals surface area (Å²) in [6.07, 6.45) is 2.61. The number of ether oxygens (including phenoxy) is 1. The Labute approximate surface area is 120 Å². The molecular formula is C13H25ClN4O. The molecule has 1 unspecified atom stereocenters. The van der Waals surface area contributed by atoms with Crippen LogP contribution in [0.5, 0.6) is 0 Å². The summed E-state index contributed by atoms with van der Waals surface area (Å²) in [6.45, 7) is 5.23. The van der Waals surface area contributed by atoms with E-state index in [1.165, 1.54) is 0 Å². The Hall–Kier alpha value is -0.620. The Morgan fingerprint density at radius 3 is 2.84 bits per heavy atom. The van der Waals surface area contributed by atoms with Crippen LogP contribution in [0, 0.1) is 0 Å². The third-order valence-corrected chi connectivity index (χ3v) is 3.32. The predicted octanol–water partition coefficient (Wildman–Crippen LogP) is 1.79. The van der Waals surface area contributed by atoms with Gasteiger partial charge in [0.05, 0.1) is 29.5 Å². The van der Waals surface area contributed by atoms with Gasteiger partial charge in [-0.1, -0.05) is 11.6 Å². The summed E-state index contributed by atoms with van der Waals surface area (Å²) in [5.41, 5.74) is 1.05. The molecule has 1 atom stereocenters. The molecule has 110 valence electrons. The van der Waals surface area contributed by atoms with E-state index in [4.69, 9.17) is 16.3 Å². The zero-order valence-electron chi connectivity index (χ0n) is 12.3. The fourth-order valence-electron chi connectivity index (χ4n) is 1.95. The van der Waals surface area contributed by atoms with Gasteiger partial charge in [0.2, 0.25) is 0 Å². The second kappa shape index (κ2) is 8.53. The molecule has 0 saturated carbocycles. The van der Waals surface area contributed by atoms with Gasteiger partial charge in [-0.25, -0.2) is 0 Å². The molecule has 19 heavy (non-hydrogen) atoms. The van der Waals surface area contributed by atoms with Crippen LogP contribution in [0.3, 0.4) is 0 Å². The number of aromatic nitrogens is 2. The maximum absolute atomic E-state index is 6.27. The minimum absolute atomic E-state index is 0.170. The number of rotatable bonds is 9. The monoisotopic (exact) mass is 288 g/mol. The zero-order chi connectivity index (χ0) is 14.3. The summed E-state index contributed by atoms with van der Waals surface area (Å²) < 4.78 is 7.40. The van der Waals surface area contributed by atoms with Crippen LogP contribution in [0.25, 0.3) is 0 Å². The van der Waals surface area contributed by atoms with Crippen LogP contribution in [0.1, 0.15) is 25.1 Å². The van der Waals surface area contributed by atoms with Gasteiger partial charge in [-0.15, -0.1) is 0 Å². The van der Waals surface area contributed by atoms with Crippen molar-refractivity contribution >= 4 is 11.6 Å². The molecule has 0 aliphatic carbocycles. The first-order valence-electron chi connectivity index (χ1n) is 6.71. The van der Waals surface area contributed by atoms with Crippen LogP contribution < -0.4 is 5.32 Å². The molecule has 0 bridgehead atoms. The maximum atomic E-state index is 6.27. The van der Waals surface area contributed by atoms with Crippen LogP contribution in [-0.2, 0) is 11.3 Å². The van der Waals surface area contributed by atoms with Gasteiger partial charge in [-0.05, 0) is 34.5 Å². The fraction of sp³-hybridized carbons (Fsp3) is 0.769. The van der Waals surface area contributed by atoms with E-state index in [2.05, 4.69) is 29.4 Å². The van der Waals surface area contributed by atoms with Crippen molar-refractivity contribution in [3.8, 4) is 0 Å². The second-order valence-corrected chi connectivity index (χ2v) is 5.14. The van der Waals surface area contributed by atoms with Crippen molar-refractivity contribution in [3.05, 3.63) is 16.9 Å². The van der Waals surface area contributed by atoms with Crippen molar-refractivity contribution < 1.29 is 4.74 Å². The largest absolute Gasteiger partial charge is 0.382 e. The minimum atomic E-state index is 0.170. The summed E-state index contributed by atoms with van der Waals surface area (Å²) in [6, 6.07) is 0.170. The van der Waals surface area contributed by atoms with Gasteiger partial charge < -0.3 is 15.0 Å². The average Bonchev–Trinajstić information content (AvgIpc) is 2.74. The van der Waals surface area contributed by atoms with Crippen molar-refractivity contribution in [2.24, 2.45) is 0 Å². The van der Waals surface area contributed by atoms with Gasteiger partial charge in [0.15, 0.2) is 0 Å². The third-order valence-electron chi connectivity index (χ3n) is 3.03. The van der Waals surface area contributed by atoms with Gasteiger partial charge >= 0.3 is 0 Å². The Bertz CT molecular complexity index is 368. The Balaban J connectivity index is 2.74. The van der Waals surface area contributed by atoms with E-state index < -0.39 is 0 Å². The molecule has 0 aromatic carbocycles. The van der Waals surface area contributed by atoms with E-state index in [9.17, 15) is 0 Å². The molecule has 1 rings (SSSR count). The molecule has 6 heteroatoms. The summed E-state index contributed by atoms with van der Waals surface area (Å²) in [5.74, 6) is 0. The lowest BCUT2D eigenvalue weighted by atomic mass is 10.1. The van der Waals surface area contributed by atoms with E-state index >= 15 is 0 Å². The van der Waals surface area contributed by atoms with Gasteiger partial charge in [-0.3, -0.25) is 4.68 Å². The van der Waals surface area contributed by atoms with Crippen molar-refractivity contribution in [2.75, 3.05) is 40.9 Å². The van der Waals surface area contributed by atoms with Gasteiger partial charge in [0.1, 0.15) is 0 Å². The molecule has 0 aliphatic heterocycles. The fourth-order valence-corrected chi connectivity index (χ4v) is 2.23. The second-order valence-electron chi connectivity index (χ2n) is 4.73. The standard InChI is InChI=1S/C13H25ClN4O/c1-5-19-9-6-12(15-2)13-11(14)10-16-18(13)8-7-17(3)4/h10,12,15H,5-9H2,1-4H3. The first kappa shape index (κ1) is 16.4. The molecule has 0 spiro atoms. The highest BCUT2D eigenvalue weighted by Gasteiger charge is 2.18. The van der Waals surface area contributed by atoms with E-state index in [1.54, 1.807) is 6.20 Å². The average molecular weight is 289 g/mol. The first-order valence-corrected chi connectivity index (χ1v) is 7.08. The number of nitrogens with zero attached hydrogens (tertiary/aromatic N) is 3. The normalized spacial score (nSPS) is 13.2. The number of halogens is 1. The lowest BCUT2D eigenvalue weighted by molar-refractivity contribution is 0.136. The van der Waals surface area contributed by atoms with Crippen LogP contribution in [0.2, 0.25) is 5.02 Å². The molecule has 0 radical (unpaired) electrons. The van der Waals surface area contributed by atoms with Crippen LogP contribution in [0.4, 0.5) is 0 Å². The molecule has 0 fully saturated rings. The Morgan fingerprint density at radius 1 is 1.53 bits per heavy atom. The van der Waals surface area contributed by atoms with Gasteiger partial charge in [0.25, 0.3) is 0 Å². The van der Waals surface area contributed by atoms with Crippen molar-refractivity contribution in [1.82, 2.24) is 20.0 Å².